The highest BCUT2D eigenvalue weighted by Crippen LogP contribution is 2.17. The molecular weight excluding hydrogens is 598 g/mol. The molecule has 2 atom stereocenters. The number of carbonyl (C=O) groups is 2. The van der Waals surface area contributed by atoms with Crippen molar-refractivity contribution in [3.63, 3.8) is 0 Å². The lowest BCUT2D eigenvalue weighted by molar-refractivity contribution is -0.181. The third kappa shape index (κ3) is 32.1. The van der Waals surface area contributed by atoms with Gasteiger partial charge in [0, 0.05) is 19.4 Å². The molecule has 0 bridgehead atoms. The molecule has 0 aliphatic heterocycles. The Labute approximate surface area is 299 Å². The molecule has 0 saturated carbocycles. The molecular formula is C42H83NO5. The highest BCUT2D eigenvalue weighted by Gasteiger charge is 2.25. The molecule has 0 amide bonds. The van der Waals surface area contributed by atoms with Gasteiger partial charge in [-0.05, 0) is 26.7 Å². The lowest BCUT2D eigenvalue weighted by Gasteiger charge is -2.32. The van der Waals surface area contributed by atoms with E-state index in [2.05, 4.69) is 13.8 Å². The first-order valence-corrected chi connectivity index (χ1v) is 21.2. The number of esters is 2. The van der Waals surface area contributed by atoms with E-state index < -0.39 is 12.5 Å². The van der Waals surface area contributed by atoms with Gasteiger partial charge in [-0.25, -0.2) is 4.90 Å². The van der Waals surface area contributed by atoms with Gasteiger partial charge in [0.2, 0.25) is 0 Å². The van der Waals surface area contributed by atoms with Crippen molar-refractivity contribution in [2.45, 2.75) is 246 Å². The highest BCUT2D eigenvalue weighted by atomic mass is 16.6. The van der Waals surface area contributed by atoms with Crippen molar-refractivity contribution in [3.05, 3.63) is 0 Å². The van der Waals surface area contributed by atoms with Gasteiger partial charge >= 0.3 is 11.9 Å². The monoisotopic (exact) mass is 682 g/mol. The quantitative estimate of drug-likeness (QED) is 0.0397. The van der Waals surface area contributed by atoms with E-state index in [-0.39, 0.29) is 25.1 Å². The number of unbranched alkanes of at least 4 members (excludes halogenated alkanes) is 28. The van der Waals surface area contributed by atoms with Crippen molar-refractivity contribution in [2.75, 3.05) is 13.2 Å². The molecule has 0 fully saturated rings. The number of ether oxygens (including phenoxy) is 2. The first-order valence-electron chi connectivity index (χ1n) is 21.2. The Kier molecular flexibility index (Phi) is 36.2. The van der Waals surface area contributed by atoms with Crippen molar-refractivity contribution in [2.24, 2.45) is 0 Å². The zero-order valence-corrected chi connectivity index (χ0v) is 32.7. The van der Waals surface area contributed by atoms with Crippen LogP contribution in [0.3, 0.4) is 0 Å². The molecule has 0 rings (SSSR count). The van der Waals surface area contributed by atoms with E-state index in [0.717, 1.165) is 25.7 Å². The third-order valence-corrected chi connectivity index (χ3v) is 9.87. The van der Waals surface area contributed by atoms with Crippen molar-refractivity contribution >= 4 is 11.9 Å². The molecule has 0 aromatic heterocycles. The zero-order valence-electron chi connectivity index (χ0n) is 32.7. The SMILES string of the molecule is CCCCCCCCCCCCCCCCCC(=O)OC(C)N(CCO)C(C)OC(=O)CCCCCCCCCCCCCCCCC. The second-order valence-electron chi connectivity index (χ2n) is 14.5. The average Bonchev–Trinajstić information content (AvgIpc) is 3.06. The number of hydrogen-bond donors (Lipinski definition) is 1. The van der Waals surface area contributed by atoms with Gasteiger partial charge in [-0.15, -0.1) is 0 Å². The maximum atomic E-state index is 12.5. The van der Waals surface area contributed by atoms with Crippen LogP contribution < -0.4 is 0 Å². The molecule has 0 heterocycles. The molecule has 2 unspecified atom stereocenters. The summed E-state index contributed by atoms with van der Waals surface area (Å²) in [6.45, 7) is 8.31. The summed E-state index contributed by atoms with van der Waals surface area (Å²) in [5, 5.41) is 9.58. The molecule has 48 heavy (non-hydrogen) atoms. The summed E-state index contributed by atoms with van der Waals surface area (Å²) in [5.74, 6) is -0.451. The predicted molar refractivity (Wildman–Crippen MR) is 204 cm³/mol. The zero-order chi connectivity index (χ0) is 35.3. The van der Waals surface area contributed by atoms with Gasteiger partial charge in [-0.2, -0.15) is 0 Å². The van der Waals surface area contributed by atoms with Gasteiger partial charge in [0.1, 0.15) is 0 Å². The normalized spacial score (nSPS) is 12.8. The van der Waals surface area contributed by atoms with E-state index in [0.29, 0.717) is 12.8 Å². The Bertz CT molecular complexity index is 633. The molecule has 0 aliphatic carbocycles. The van der Waals surface area contributed by atoms with E-state index in [1.165, 1.54) is 167 Å². The number of nitrogens with zero attached hydrogens (tertiary/aromatic N) is 1. The molecule has 0 aliphatic rings. The molecule has 6 heteroatoms. The van der Waals surface area contributed by atoms with Crippen molar-refractivity contribution in [1.82, 2.24) is 4.90 Å². The van der Waals surface area contributed by atoms with E-state index in [4.69, 9.17) is 9.47 Å². The molecule has 0 radical (unpaired) electrons. The largest absolute Gasteiger partial charge is 0.447 e. The van der Waals surface area contributed by atoms with Crippen LogP contribution in [0.4, 0.5) is 0 Å². The lowest BCUT2D eigenvalue weighted by atomic mass is 10.0. The molecule has 0 saturated heterocycles. The minimum Gasteiger partial charge on any atom is -0.447 e. The average molecular weight is 682 g/mol. The fourth-order valence-corrected chi connectivity index (χ4v) is 6.69. The molecule has 6 nitrogen and oxygen atoms in total. The Morgan fingerprint density at radius 1 is 0.438 bits per heavy atom. The van der Waals surface area contributed by atoms with Crippen LogP contribution in [0, 0.1) is 0 Å². The minimum atomic E-state index is -0.561. The van der Waals surface area contributed by atoms with Crippen LogP contribution in [-0.4, -0.2) is 47.6 Å². The standard InChI is InChI=1S/C42H83NO5/c1-5-7-9-11-13-15-17-19-21-23-25-27-29-31-33-35-41(45)47-39(3)43(37-38-44)40(4)48-42(46)36-34-32-30-28-26-24-22-20-18-16-14-12-10-8-6-2/h39-40,44H,5-38H2,1-4H3. The van der Waals surface area contributed by atoms with E-state index in [9.17, 15) is 14.7 Å². The molecule has 1 N–H and O–H groups in total. The Morgan fingerprint density at radius 2 is 0.667 bits per heavy atom. The van der Waals surface area contributed by atoms with Gasteiger partial charge in [0.25, 0.3) is 0 Å². The fraction of sp³-hybridized carbons (Fsp3) is 0.952. The summed E-state index contributed by atoms with van der Waals surface area (Å²) >= 11 is 0. The second kappa shape index (κ2) is 37.1. The topological polar surface area (TPSA) is 76.1 Å². The Morgan fingerprint density at radius 3 is 0.896 bits per heavy atom. The first kappa shape index (κ1) is 46.9. The van der Waals surface area contributed by atoms with E-state index in [1.54, 1.807) is 18.7 Å². The number of rotatable bonds is 38. The van der Waals surface area contributed by atoms with Crippen LogP contribution in [0.5, 0.6) is 0 Å². The summed E-state index contributed by atoms with van der Waals surface area (Å²) in [6, 6.07) is 0. The summed E-state index contributed by atoms with van der Waals surface area (Å²) in [7, 11) is 0. The van der Waals surface area contributed by atoms with Crippen LogP contribution in [-0.2, 0) is 19.1 Å². The van der Waals surface area contributed by atoms with Crippen molar-refractivity contribution < 1.29 is 24.2 Å². The van der Waals surface area contributed by atoms with Crippen LogP contribution in [0.1, 0.15) is 233 Å². The van der Waals surface area contributed by atoms with E-state index in [1.807, 2.05) is 0 Å². The molecule has 0 spiro atoms. The third-order valence-electron chi connectivity index (χ3n) is 9.87. The smallest absolute Gasteiger partial charge is 0.307 e. The molecule has 286 valence electrons. The number of aliphatic hydroxyl groups is 1. The summed E-state index contributed by atoms with van der Waals surface area (Å²) < 4.78 is 11.3. The van der Waals surface area contributed by atoms with Gasteiger partial charge < -0.3 is 14.6 Å². The summed E-state index contributed by atoms with van der Waals surface area (Å²) in [6.07, 6.45) is 38.5. The van der Waals surface area contributed by atoms with E-state index >= 15 is 0 Å². The minimum absolute atomic E-state index is 0.0954. The van der Waals surface area contributed by atoms with Gasteiger partial charge in [-0.1, -0.05) is 194 Å². The Hall–Kier alpha value is -1.14. The van der Waals surface area contributed by atoms with Gasteiger partial charge in [0.15, 0.2) is 12.5 Å². The number of hydrogen-bond acceptors (Lipinski definition) is 6. The Balaban J connectivity index is 3.84. The maximum absolute atomic E-state index is 12.5. The number of aliphatic hydroxyl groups excluding tert-OH is 1. The number of carbonyl (C=O) groups excluding carboxylic acids is 2. The van der Waals surface area contributed by atoms with Gasteiger partial charge in [0.05, 0.1) is 6.61 Å². The fourth-order valence-electron chi connectivity index (χ4n) is 6.69. The predicted octanol–water partition coefficient (Wildman–Crippen LogP) is 12.6. The van der Waals surface area contributed by atoms with Gasteiger partial charge in [-0.3, -0.25) is 9.59 Å². The highest BCUT2D eigenvalue weighted by molar-refractivity contribution is 5.70. The van der Waals surface area contributed by atoms with Crippen LogP contribution >= 0.6 is 0 Å². The maximum Gasteiger partial charge on any atom is 0.307 e. The second-order valence-corrected chi connectivity index (χ2v) is 14.5. The lowest BCUT2D eigenvalue weighted by Crippen LogP contribution is -2.46. The van der Waals surface area contributed by atoms with Crippen LogP contribution in [0.25, 0.3) is 0 Å². The van der Waals surface area contributed by atoms with Crippen LogP contribution in [0.2, 0.25) is 0 Å². The molecule has 0 aromatic rings. The summed E-state index contributed by atoms with van der Waals surface area (Å²) in [5.41, 5.74) is 0. The van der Waals surface area contributed by atoms with Crippen molar-refractivity contribution in [1.29, 1.82) is 0 Å². The summed E-state index contributed by atoms with van der Waals surface area (Å²) in [4.78, 5) is 26.7. The van der Waals surface area contributed by atoms with Crippen molar-refractivity contribution in [3.8, 4) is 0 Å². The molecule has 0 aromatic carbocycles. The van der Waals surface area contributed by atoms with Crippen LogP contribution in [0.15, 0.2) is 0 Å². The first-order chi connectivity index (χ1) is 23.5.